The van der Waals surface area contributed by atoms with Crippen molar-refractivity contribution >= 4 is 5.91 Å². The Bertz CT molecular complexity index is 486. The van der Waals surface area contributed by atoms with Crippen molar-refractivity contribution < 1.29 is 9.18 Å². The summed E-state index contributed by atoms with van der Waals surface area (Å²) in [6.45, 7) is 9.24. The Morgan fingerprint density at radius 3 is 2.38 bits per heavy atom. The first kappa shape index (κ1) is 16.0. The summed E-state index contributed by atoms with van der Waals surface area (Å²) in [5, 5.41) is 3.37. The van der Waals surface area contributed by atoms with Gasteiger partial charge < -0.3 is 4.90 Å². The molecule has 1 aliphatic heterocycles. The summed E-state index contributed by atoms with van der Waals surface area (Å²) in [6.07, 6.45) is 0.618. The van der Waals surface area contributed by atoms with Crippen molar-refractivity contribution in [2.45, 2.75) is 46.3 Å². The third kappa shape index (κ3) is 3.43. The lowest BCUT2D eigenvalue weighted by atomic mass is 9.97. The van der Waals surface area contributed by atoms with Crippen LogP contribution in [0.3, 0.4) is 0 Å². The molecule has 21 heavy (non-hydrogen) atoms. The molecule has 4 heteroatoms. The Hall–Kier alpha value is -1.42. The Balaban J connectivity index is 2.23. The van der Waals surface area contributed by atoms with Crippen LogP contribution in [-0.2, 0) is 4.79 Å². The molecule has 3 nitrogen and oxygen atoms in total. The first-order valence-electron chi connectivity index (χ1n) is 7.76. The van der Waals surface area contributed by atoms with Crippen LogP contribution in [0.5, 0.6) is 0 Å². The number of hydrogen-bond acceptors (Lipinski definition) is 2. The number of benzene rings is 1. The van der Waals surface area contributed by atoms with Crippen molar-refractivity contribution in [2.24, 2.45) is 11.8 Å². The van der Waals surface area contributed by atoms with Gasteiger partial charge in [0.1, 0.15) is 12.0 Å². The quantitative estimate of drug-likeness (QED) is 0.903. The topological polar surface area (TPSA) is 32.3 Å². The minimum atomic E-state index is -0.253. The standard InChI is InChI=1S/C17H25FN2O/c1-5-15-17(21)20(10-12(4)11(2)3)16(19-15)13-6-8-14(18)9-7-13/h6-9,11-12,15-16,19H,5,10H2,1-4H3. The van der Waals surface area contributed by atoms with Gasteiger partial charge in [-0.2, -0.15) is 0 Å². The number of rotatable bonds is 5. The second-order valence-corrected chi connectivity index (χ2v) is 6.29. The number of carbonyl (C=O) groups excluding carboxylic acids is 1. The van der Waals surface area contributed by atoms with Crippen LogP contribution in [0.4, 0.5) is 4.39 Å². The molecule has 0 saturated carbocycles. The molecule has 0 aromatic heterocycles. The Morgan fingerprint density at radius 1 is 1.24 bits per heavy atom. The zero-order valence-corrected chi connectivity index (χ0v) is 13.3. The van der Waals surface area contributed by atoms with Crippen molar-refractivity contribution in [3.8, 4) is 0 Å². The first-order valence-corrected chi connectivity index (χ1v) is 7.76. The highest BCUT2D eigenvalue weighted by atomic mass is 19.1. The van der Waals surface area contributed by atoms with Gasteiger partial charge in [0.05, 0.1) is 6.04 Å². The zero-order valence-electron chi connectivity index (χ0n) is 13.3. The molecule has 1 amide bonds. The molecule has 1 aromatic carbocycles. The van der Waals surface area contributed by atoms with Gasteiger partial charge in [0.25, 0.3) is 0 Å². The minimum Gasteiger partial charge on any atom is -0.321 e. The van der Waals surface area contributed by atoms with Gasteiger partial charge in [0.2, 0.25) is 5.91 Å². The van der Waals surface area contributed by atoms with Crippen molar-refractivity contribution in [3.05, 3.63) is 35.6 Å². The van der Waals surface area contributed by atoms with E-state index < -0.39 is 0 Å². The van der Waals surface area contributed by atoms with Crippen LogP contribution in [0.15, 0.2) is 24.3 Å². The molecule has 0 bridgehead atoms. The van der Waals surface area contributed by atoms with E-state index >= 15 is 0 Å². The summed E-state index contributed by atoms with van der Waals surface area (Å²) in [6, 6.07) is 6.27. The molecule has 3 atom stereocenters. The van der Waals surface area contributed by atoms with E-state index in [0.29, 0.717) is 11.8 Å². The molecule has 1 aliphatic rings. The highest BCUT2D eigenvalue weighted by Gasteiger charge is 2.39. The number of halogens is 1. The summed E-state index contributed by atoms with van der Waals surface area (Å²) in [5.74, 6) is 0.846. The molecule has 2 rings (SSSR count). The van der Waals surface area contributed by atoms with Gasteiger partial charge in [-0.05, 0) is 36.0 Å². The maximum atomic E-state index is 13.1. The summed E-state index contributed by atoms with van der Waals surface area (Å²) in [5.41, 5.74) is 0.941. The molecule has 1 heterocycles. The van der Waals surface area contributed by atoms with Crippen molar-refractivity contribution in [1.29, 1.82) is 0 Å². The van der Waals surface area contributed by atoms with E-state index in [1.54, 1.807) is 12.1 Å². The predicted molar refractivity (Wildman–Crippen MR) is 82.1 cm³/mol. The molecular weight excluding hydrogens is 267 g/mol. The summed E-state index contributed by atoms with van der Waals surface area (Å²) in [7, 11) is 0. The van der Waals surface area contributed by atoms with E-state index in [0.717, 1.165) is 18.5 Å². The SMILES string of the molecule is CCC1NC(c2ccc(F)cc2)N(CC(C)C(C)C)C1=O. The normalized spacial score (nSPS) is 23.9. The third-order valence-electron chi connectivity index (χ3n) is 4.47. The van der Waals surface area contributed by atoms with Crippen LogP contribution in [0.25, 0.3) is 0 Å². The lowest BCUT2D eigenvalue weighted by molar-refractivity contribution is -0.130. The van der Waals surface area contributed by atoms with Gasteiger partial charge >= 0.3 is 0 Å². The van der Waals surface area contributed by atoms with E-state index in [4.69, 9.17) is 0 Å². The molecule has 0 spiro atoms. The number of nitrogens with zero attached hydrogens (tertiary/aromatic N) is 1. The van der Waals surface area contributed by atoms with Crippen LogP contribution in [0.2, 0.25) is 0 Å². The average Bonchev–Trinajstić information content (AvgIpc) is 2.76. The fourth-order valence-electron chi connectivity index (χ4n) is 2.61. The number of hydrogen-bond donors (Lipinski definition) is 1. The second-order valence-electron chi connectivity index (χ2n) is 6.29. The second kappa shape index (κ2) is 6.56. The predicted octanol–water partition coefficient (Wildman–Crippen LogP) is 3.33. The van der Waals surface area contributed by atoms with Gasteiger partial charge in [-0.3, -0.25) is 10.1 Å². The molecule has 1 saturated heterocycles. The van der Waals surface area contributed by atoms with Gasteiger partial charge in [-0.25, -0.2) is 4.39 Å². The average molecular weight is 292 g/mol. The van der Waals surface area contributed by atoms with Gasteiger partial charge in [-0.15, -0.1) is 0 Å². The lowest BCUT2D eigenvalue weighted by Gasteiger charge is -2.29. The van der Waals surface area contributed by atoms with E-state index in [1.807, 2.05) is 11.8 Å². The van der Waals surface area contributed by atoms with Crippen molar-refractivity contribution in [1.82, 2.24) is 10.2 Å². The molecule has 0 aliphatic carbocycles. The van der Waals surface area contributed by atoms with E-state index in [-0.39, 0.29) is 23.9 Å². The van der Waals surface area contributed by atoms with Crippen LogP contribution >= 0.6 is 0 Å². The van der Waals surface area contributed by atoms with Crippen molar-refractivity contribution in [2.75, 3.05) is 6.54 Å². The fourth-order valence-corrected chi connectivity index (χ4v) is 2.61. The molecule has 116 valence electrons. The number of nitrogens with one attached hydrogen (secondary N) is 1. The van der Waals surface area contributed by atoms with Gasteiger partial charge in [0.15, 0.2) is 0 Å². The van der Waals surface area contributed by atoms with E-state index in [2.05, 4.69) is 26.1 Å². The summed E-state index contributed by atoms with van der Waals surface area (Å²) in [4.78, 5) is 14.4. The summed E-state index contributed by atoms with van der Waals surface area (Å²) >= 11 is 0. The highest BCUT2D eigenvalue weighted by molar-refractivity contribution is 5.84. The number of amides is 1. The van der Waals surface area contributed by atoms with Crippen LogP contribution < -0.4 is 5.32 Å². The fraction of sp³-hybridized carbons (Fsp3) is 0.588. The maximum Gasteiger partial charge on any atom is 0.241 e. The summed E-state index contributed by atoms with van der Waals surface area (Å²) < 4.78 is 13.1. The van der Waals surface area contributed by atoms with E-state index in [1.165, 1.54) is 12.1 Å². The third-order valence-corrected chi connectivity index (χ3v) is 4.47. The van der Waals surface area contributed by atoms with Crippen molar-refractivity contribution in [3.63, 3.8) is 0 Å². The molecule has 1 aromatic rings. The lowest BCUT2D eigenvalue weighted by Crippen LogP contribution is -2.35. The van der Waals surface area contributed by atoms with Crippen LogP contribution in [0, 0.1) is 17.7 Å². The van der Waals surface area contributed by atoms with Crippen LogP contribution in [-0.4, -0.2) is 23.4 Å². The monoisotopic (exact) mass is 292 g/mol. The molecule has 1 fully saturated rings. The van der Waals surface area contributed by atoms with Gasteiger partial charge in [-0.1, -0.05) is 39.8 Å². The first-order chi connectivity index (χ1) is 9.93. The van der Waals surface area contributed by atoms with E-state index in [9.17, 15) is 9.18 Å². The molecule has 0 radical (unpaired) electrons. The van der Waals surface area contributed by atoms with Crippen LogP contribution in [0.1, 0.15) is 45.8 Å². The zero-order chi connectivity index (χ0) is 15.6. The Labute approximate surface area is 126 Å². The molecular formula is C17H25FN2O. The maximum absolute atomic E-state index is 13.1. The molecule has 1 N–H and O–H groups in total. The smallest absolute Gasteiger partial charge is 0.241 e. The Morgan fingerprint density at radius 2 is 1.86 bits per heavy atom. The highest BCUT2D eigenvalue weighted by Crippen LogP contribution is 2.28. The number of carbonyl (C=O) groups is 1. The Kier molecular flexibility index (Phi) is 4.99. The molecule has 3 unspecified atom stereocenters. The van der Waals surface area contributed by atoms with Gasteiger partial charge in [0, 0.05) is 6.54 Å². The minimum absolute atomic E-state index is 0.139. The largest absolute Gasteiger partial charge is 0.321 e.